The van der Waals surface area contributed by atoms with E-state index in [2.05, 4.69) is 10.3 Å². The summed E-state index contributed by atoms with van der Waals surface area (Å²) < 4.78 is 34.3. The fourth-order valence-electron chi connectivity index (χ4n) is 3.55. The van der Waals surface area contributed by atoms with E-state index in [1.54, 1.807) is 38.5 Å². The first-order chi connectivity index (χ1) is 14.9. The summed E-state index contributed by atoms with van der Waals surface area (Å²) in [6, 6.07) is 14.2. The van der Waals surface area contributed by atoms with Gasteiger partial charge in [-0.25, -0.2) is 8.42 Å². The third-order valence-electron chi connectivity index (χ3n) is 5.08. The van der Waals surface area contributed by atoms with Crippen molar-refractivity contribution < 1.29 is 22.7 Å². The second-order valence-corrected chi connectivity index (χ2v) is 10.6. The largest absolute Gasteiger partial charge is 0.497 e. The van der Waals surface area contributed by atoms with E-state index in [-0.39, 0.29) is 35.2 Å². The van der Waals surface area contributed by atoms with Crippen LogP contribution in [0.2, 0.25) is 0 Å². The summed E-state index contributed by atoms with van der Waals surface area (Å²) in [5.41, 5.74) is 1.40. The molecule has 2 aromatic rings. The molecule has 0 spiro atoms. The van der Waals surface area contributed by atoms with Crippen LogP contribution >= 0.6 is 11.8 Å². The van der Waals surface area contributed by atoms with Gasteiger partial charge >= 0.3 is 0 Å². The molecule has 8 nitrogen and oxygen atoms in total. The van der Waals surface area contributed by atoms with Gasteiger partial charge in [0.05, 0.1) is 31.8 Å². The summed E-state index contributed by atoms with van der Waals surface area (Å²) in [6.45, 7) is 0.0293. The fraction of sp³-hybridized carbons (Fsp3) is 0.333. The zero-order chi connectivity index (χ0) is 22.0. The molecular formula is C21H23N3O5S2. The Bertz CT molecular complexity index is 1100. The Morgan fingerprint density at radius 2 is 1.87 bits per heavy atom. The molecule has 0 unspecified atom stereocenters. The Balaban J connectivity index is 1.56. The number of hydrogen-bond acceptors (Lipinski definition) is 8. The molecule has 1 N–H and O–H groups in total. The summed E-state index contributed by atoms with van der Waals surface area (Å²) >= 11 is 1.42. The van der Waals surface area contributed by atoms with Gasteiger partial charge in [0.15, 0.2) is 15.0 Å². The highest BCUT2D eigenvalue weighted by molar-refractivity contribution is 8.15. The number of fused-ring (bicyclic) bond motifs is 1. The van der Waals surface area contributed by atoms with Gasteiger partial charge in [-0.3, -0.25) is 9.79 Å². The molecule has 1 amide bonds. The summed E-state index contributed by atoms with van der Waals surface area (Å²) in [5.74, 6) is 1.29. The Kier molecular flexibility index (Phi) is 6.10. The monoisotopic (exact) mass is 461 g/mol. The molecule has 1 saturated heterocycles. The molecule has 164 valence electrons. The first-order valence-electron chi connectivity index (χ1n) is 9.67. The third kappa shape index (κ3) is 4.96. The van der Waals surface area contributed by atoms with Crippen LogP contribution in [0.4, 0.5) is 11.4 Å². The van der Waals surface area contributed by atoms with Gasteiger partial charge in [0.25, 0.3) is 0 Å². The smallest absolute Gasteiger partial charge is 0.244 e. The van der Waals surface area contributed by atoms with Crippen LogP contribution in [0.1, 0.15) is 0 Å². The van der Waals surface area contributed by atoms with Gasteiger partial charge in [0.2, 0.25) is 5.91 Å². The van der Waals surface area contributed by atoms with Crippen LogP contribution in [0.15, 0.2) is 53.5 Å². The standard InChI is InChI=1S/C21H23N3O5S2/c1-28-16-8-6-15(7-9-16)24(21-23-18-12-31(26,27)13-19(18)30-21)11-20(25)22-14-4-3-5-17(10-14)29-2/h3-10,18-19H,11-13H2,1-2H3,(H,22,25)/t18-,19-/m0/s1. The number of hydrogen-bond donors (Lipinski definition) is 1. The van der Waals surface area contributed by atoms with Gasteiger partial charge in [0, 0.05) is 22.7 Å². The molecule has 0 aromatic heterocycles. The minimum Gasteiger partial charge on any atom is -0.497 e. The maximum Gasteiger partial charge on any atom is 0.244 e. The lowest BCUT2D eigenvalue weighted by molar-refractivity contribution is -0.114. The number of amidine groups is 1. The number of thioether (sulfide) groups is 1. The van der Waals surface area contributed by atoms with Crippen molar-refractivity contribution in [2.24, 2.45) is 4.99 Å². The first kappa shape index (κ1) is 21.5. The predicted octanol–water partition coefficient (Wildman–Crippen LogP) is 2.42. The number of carbonyl (C=O) groups is 1. The SMILES string of the molecule is COc1ccc(N(CC(=O)Nc2cccc(OC)c2)C2=N[C@H]3CS(=O)(=O)C[C@@H]3S2)cc1. The number of ether oxygens (including phenoxy) is 2. The van der Waals surface area contributed by atoms with Gasteiger partial charge in [-0.1, -0.05) is 17.8 Å². The van der Waals surface area contributed by atoms with Crippen LogP contribution in [0, 0.1) is 0 Å². The highest BCUT2D eigenvalue weighted by atomic mass is 32.2. The molecule has 0 radical (unpaired) electrons. The molecule has 0 aliphatic carbocycles. The molecule has 2 aliphatic heterocycles. The number of methoxy groups -OCH3 is 2. The molecular weight excluding hydrogens is 438 g/mol. The van der Waals surface area contributed by atoms with Crippen LogP contribution in [-0.2, 0) is 14.6 Å². The molecule has 31 heavy (non-hydrogen) atoms. The van der Waals surface area contributed by atoms with Crippen LogP contribution in [0.5, 0.6) is 11.5 Å². The van der Waals surface area contributed by atoms with E-state index in [1.807, 2.05) is 29.2 Å². The molecule has 2 heterocycles. The number of anilines is 2. The maximum absolute atomic E-state index is 12.8. The van der Waals surface area contributed by atoms with Crippen molar-refractivity contribution in [2.75, 3.05) is 42.5 Å². The number of rotatable bonds is 6. The van der Waals surface area contributed by atoms with Crippen LogP contribution in [0.25, 0.3) is 0 Å². The lowest BCUT2D eigenvalue weighted by atomic mass is 10.2. The summed E-state index contributed by atoms with van der Waals surface area (Å²) in [4.78, 5) is 19.3. The highest BCUT2D eigenvalue weighted by Gasteiger charge is 2.44. The summed E-state index contributed by atoms with van der Waals surface area (Å²) in [7, 11) is 0.106. The zero-order valence-corrected chi connectivity index (χ0v) is 18.8. The van der Waals surface area contributed by atoms with Crippen molar-refractivity contribution in [3.63, 3.8) is 0 Å². The predicted molar refractivity (Wildman–Crippen MR) is 123 cm³/mol. The minimum atomic E-state index is -3.05. The quantitative estimate of drug-likeness (QED) is 0.706. The summed E-state index contributed by atoms with van der Waals surface area (Å²) in [5, 5.41) is 3.42. The van der Waals surface area contributed by atoms with Gasteiger partial charge in [-0.15, -0.1) is 0 Å². The lowest BCUT2D eigenvalue weighted by Crippen LogP contribution is -2.36. The average Bonchev–Trinajstić information content (AvgIpc) is 3.25. The maximum atomic E-state index is 12.8. The molecule has 10 heteroatoms. The van der Waals surface area contributed by atoms with Crippen LogP contribution < -0.4 is 19.7 Å². The molecule has 2 aromatic carbocycles. The number of benzene rings is 2. The molecule has 0 bridgehead atoms. The normalized spacial score (nSPS) is 21.2. The van der Waals surface area contributed by atoms with E-state index in [0.717, 1.165) is 5.69 Å². The first-order valence-corrected chi connectivity index (χ1v) is 12.4. The third-order valence-corrected chi connectivity index (χ3v) is 8.32. The Hall–Kier alpha value is -2.72. The van der Waals surface area contributed by atoms with E-state index in [1.165, 1.54) is 11.8 Å². The number of nitrogens with one attached hydrogen (secondary N) is 1. The van der Waals surface area contributed by atoms with E-state index < -0.39 is 9.84 Å². The fourth-order valence-corrected chi connectivity index (χ4v) is 7.33. The average molecular weight is 462 g/mol. The second-order valence-electron chi connectivity index (χ2n) is 7.28. The number of amides is 1. The van der Waals surface area contributed by atoms with Crippen molar-refractivity contribution in [3.05, 3.63) is 48.5 Å². The molecule has 0 saturated carbocycles. The Morgan fingerprint density at radius 1 is 1.13 bits per heavy atom. The van der Waals surface area contributed by atoms with Crippen LogP contribution in [-0.4, -0.2) is 63.1 Å². The second kappa shape index (κ2) is 8.80. The van der Waals surface area contributed by atoms with E-state index >= 15 is 0 Å². The van der Waals surface area contributed by atoms with E-state index in [4.69, 9.17) is 9.47 Å². The van der Waals surface area contributed by atoms with Crippen molar-refractivity contribution in [1.82, 2.24) is 0 Å². The van der Waals surface area contributed by atoms with E-state index in [0.29, 0.717) is 22.4 Å². The molecule has 1 fully saturated rings. The van der Waals surface area contributed by atoms with Crippen molar-refractivity contribution in [1.29, 1.82) is 0 Å². The van der Waals surface area contributed by atoms with Crippen molar-refractivity contribution in [2.45, 2.75) is 11.3 Å². The van der Waals surface area contributed by atoms with Crippen LogP contribution in [0.3, 0.4) is 0 Å². The Labute approximate surface area is 185 Å². The number of nitrogens with zero attached hydrogens (tertiary/aromatic N) is 2. The van der Waals surface area contributed by atoms with Gasteiger partial charge in [0.1, 0.15) is 18.0 Å². The number of sulfone groups is 1. The highest BCUT2D eigenvalue weighted by Crippen LogP contribution is 2.37. The number of aliphatic imine (C=N–C) groups is 1. The number of carbonyl (C=O) groups excluding carboxylic acids is 1. The molecule has 4 rings (SSSR count). The van der Waals surface area contributed by atoms with Gasteiger partial charge in [-0.2, -0.15) is 0 Å². The van der Waals surface area contributed by atoms with Gasteiger partial charge in [-0.05, 0) is 36.4 Å². The Morgan fingerprint density at radius 3 is 2.55 bits per heavy atom. The topological polar surface area (TPSA) is 97.3 Å². The minimum absolute atomic E-state index is 0.0293. The van der Waals surface area contributed by atoms with Gasteiger partial charge < -0.3 is 19.7 Å². The molecule has 2 atom stereocenters. The van der Waals surface area contributed by atoms with Crippen molar-refractivity contribution in [3.8, 4) is 11.5 Å². The van der Waals surface area contributed by atoms with Crippen molar-refractivity contribution >= 4 is 44.0 Å². The zero-order valence-electron chi connectivity index (χ0n) is 17.1. The van der Waals surface area contributed by atoms with E-state index in [9.17, 15) is 13.2 Å². The summed E-state index contributed by atoms with van der Waals surface area (Å²) in [6.07, 6.45) is 0. The lowest BCUT2D eigenvalue weighted by Gasteiger charge is -2.24. The molecule has 2 aliphatic rings.